The second-order valence-electron chi connectivity index (χ2n) is 22.7. The Bertz CT molecular complexity index is 3790. The third-order valence-electron chi connectivity index (χ3n) is 14.6. The minimum absolute atomic E-state index is 0.0738. The van der Waals surface area contributed by atoms with E-state index < -0.39 is 8.07 Å². The Morgan fingerprint density at radius 3 is 1.69 bits per heavy atom. The molecule has 0 spiro atoms. The molecule has 1 aliphatic rings. The Labute approximate surface area is 436 Å². The first-order chi connectivity index (χ1) is 35.5. The lowest BCUT2D eigenvalue weighted by molar-refractivity contribution is 0.483. The lowest BCUT2D eigenvalue weighted by Gasteiger charge is -2.33. The minimum atomic E-state index is -3.06. The van der Waals surface area contributed by atoms with Gasteiger partial charge in [0.2, 0.25) is 11.4 Å². The summed E-state index contributed by atoms with van der Waals surface area (Å²) < 4.78 is 13.6. The van der Waals surface area contributed by atoms with Crippen LogP contribution in [0.3, 0.4) is 0 Å². The zero-order valence-corrected chi connectivity index (χ0v) is 44.8. The van der Waals surface area contributed by atoms with Crippen molar-refractivity contribution in [3.8, 4) is 23.4 Å². The maximum atomic E-state index is 9.93. The molecule has 362 valence electrons. The molecule has 11 rings (SSSR count). The zero-order valence-electron chi connectivity index (χ0n) is 43.8. The maximum Gasteiger partial charge on any atom is 0.503 e. The quantitative estimate of drug-likeness (QED) is 0.0823. The Morgan fingerprint density at radius 2 is 1.09 bits per heavy atom. The molecule has 7 heteroatoms. The van der Waals surface area contributed by atoms with Crippen molar-refractivity contribution in [1.29, 1.82) is 5.26 Å². The molecule has 3 heterocycles. The molecular formula is C67H61N5OSi+2. The van der Waals surface area contributed by atoms with Crippen LogP contribution >= 0.6 is 0 Å². The average molecular weight is 980 g/mol. The minimum Gasteiger partial charge on any atom is -0.457 e. The van der Waals surface area contributed by atoms with E-state index in [9.17, 15) is 5.26 Å². The van der Waals surface area contributed by atoms with E-state index in [1.165, 1.54) is 37.4 Å². The number of hydrogen-bond donors (Lipinski definition) is 0. The maximum absolute atomic E-state index is 9.93. The van der Waals surface area contributed by atoms with Gasteiger partial charge in [0.25, 0.3) is 11.4 Å². The van der Waals surface area contributed by atoms with Gasteiger partial charge in [0, 0.05) is 52.5 Å². The summed E-state index contributed by atoms with van der Waals surface area (Å²) in [5, 5.41) is 17.1. The van der Waals surface area contributed by atoms with Crippen molar-refractivity contribution in [1.82, 2.24) is 18.7 Å². The van der Waals surface area contributed by atoms with Crippen LogP contribution in [0.1, 0.15) is 84.6 Å². The molecule has 0 bridgehead atoms. The molecule has 10 aromatic rings. The highest BCUT2D eigenvalue weighted by molar-refractivity contribution is 7.20. The molecule has 0 amide bonds. The molecule has 0 fully saturated rings. The standard InChI is InChI=1S/C67H61N5OSi/c1-65(2,3)47-35-36-69-63(41-47)72-59-34-31-46(44-68)37-58(59)57-33-32-53(43-61(57)72)73-52-22-19-21-50(42-52)70-45-71(51-39-48(66(4,5)6)38-49(40-51)67(7,8)9)64-60(70)29-20-30-62(64)74(54-23-13-10-14-24-54,55-25-15-11-16-26-55)56-27-17-12-18-28-56/h10-43H,1-9H3/q+2. The lowest BCUT2D eigenvalue weighted by atomic mass is 9.80. The fourth-order valence-electron chi connectivity index (χ4n) is 10.7. The predicted octanol–water partition coefficient (Wildman–Crippen LogP) is 14.0. The van der Waals surface area contributed by atoms with Crippen molar-refractivity contribution in [2.75, 3.05) is 0 Å². The van der Waals surface area contributed by atoms with Crippen LogP contribution in [0.4, 0.5) is 22.7 Å². The van der Waals surface area contributed by atoms with Crippen molar-refractivity contribution in [2.24, 2.45) is 0 Å². The normalized spacial score (nSPS) is 12.9. The first kappa shape index (κ1) is 47.9. The van der Waals surface area contributed by atoms with E-state index in [4.69, 9.17) is 9.72 Å². The van der Waals surface area contributed by atoms with E-state index in [-0.39, 0.29) is 16.2 Å². The highest BCUT2D eigenvalue weighted by atomic mass is 28.3. The molecular weight excluding hydrogens is 919 g/mol. The second-order valence-corrected chi connectivity index (χ2v) is 26.4. The Kier molecular flexibility index (Phi) is 11.8. The number of ether oxygens (including phenoxy) is 1. The Morgan fingerprint density at radius 1 is 0.500 bits per heavy atom. The summed E-state index contributed by atoms with van der Waals surface area (Å²) in [6.45, 7) is 20.4. The van der Waals surface area contributed by atoms with Gasteiger partial charge in [-0.3, -0.25) is 4.57 Å². The second kappa shape index (κ2) is 18.3. The van der Waals surface area contributed by atoms with Gasteiger partial charge >= 0.3 is 6.01 Å². The number of benzene rings is 8. The van der Waals surface area contributed by atoms with Crippen molar-refractivity contribution in [3.05, 3.63) is 229 Å². The predicted molar refractivity (Wildman–Crippen MR) is 310 cm³/mol. The van der Waals surface area contributed by atoms with Gasteiger partial charge in [-0.05, 0) is 106 Å². The van der Waals surface area contributed by atoms with Crippen LogP contribution in [0.15, 0.2) is 206 Å². The monoisotopic (exact) mass is 979 g/mol. The molecule has 8 aromatic carbocycles. The highest BCUT2D eigenvalue weighted by Gasteiger charge is 2.50. The number of hydrogen-bond acceptors (Lipinski definition) is 3. The molecule has 0 atom stereocenters. The summed E-state index contributed by atoms with van der Waals surface area (Å²) in [5.74, 6) is 2.18. The fourth-order valence-corrected chi connectivity index (χ4v) is 15.6. The molecule has 0 unspecified atom stereocenters. The zero-order chi connectivity index (χ0) is 51.6. The summed E-state index contributed by atoms with van der Waals surface area (Å²) >= 11 is 0. The lowest BCUT2D eigenvalue weighted by Crippen LogP contribution is -2.75. The van der Waals surface area contributed by atoms with Crippen LogP contribution < -0.4 is 34.6 Å². The van der Waals surface area contributed by atoms with E-state index in [0.29, 0.717) is 17.1 Å². The molecule has 6 nitrogen and oxygen atoms in total. The number of aromatic nitrogens is 2. The van der Waals surface area contributed by atoms with E-state index in [1.54, 1.807) is 0 Å². The molecule has 0 saturated heterocycles. The van der Waals surface area contributed by atoms with Crippen LogP contribution in [0, 0.1) is 11.3 Å². The number of para-hydroxylation sites is 1. The van der Waals surface area contributed by atoms with E-state index in [2.05, 4.69) is 258 Å². The van der Waals surface area contributed by atoms with E-state index >= 15 is 0 Å². The van der Waals surface area contributed by atoms with Gasteiger partial charge in [-0.15, -0.1) is 0 Å². The highest BCUT2D eigenvalue weighted by Crippen LogP contribution is 2.41. The Hall–Kier alpha value is -8.40. The molecule has 2 aromatic heterocycles. The Balaban J connectivity index is 1.12. The van der Waals surface area contributed by atoms with Gasteiger partial charge in [-0.1, -0.05) is 178 Å². The topological polar surface area (TPSA) is 56.9 Å². The van der Waals surface area contributed by atoms with E-state index in [1.807, 2.05) is 36.5 Å². The summed E-state index contributed by atoms with van der Waals surface area (Å²) in [5.41, 5.74) is 10.1. The number of nitriles is 1. The number of pyridine rings is 1. The van der Waals surface area contributed by atoms with Crippen molar-refractivity contribution in [2.45, 2.75) is 78.6 Å². The molecule has 1 aliphatic heterocycles. The van der Waals surface area contributed by atoms with Crippen molar-refractivity contribution in [3.63, 3.8) is 0 Å². The van der Waals surface area contributed by atoms with Gasteiger partial charge in [0.15, 0.2) is 8.07 Å². The van der Waals surface area contributed by atoms with Crippen molar-refractivity contribution < 1.29 is 4.74 Å². The summed E-state index contributed by atoms with van der Waals surface area (Å²) in [6, 6.07) is 78.4. The third kappa shape index (κ3) is 8.46. The number of fused-ring (bicyclic) bond motifs is 4. The first-order valence-corrected chi connectivity index (χ1v) is 27.6. The van der Waals surface area contributed by atoms with Crippen LogP contribution in [-0.2, 0) is 16.2 Å². The molecule has 0 saturated carbocycles. The molecule has 0 aliphatic carbocycles. The molecule has 74 heavy (non-hydrogen) atoms. The first-order valence-electron chi connectivity index (χ1n) is 25.6. The van der Waals surface area contributed by atoms with Crippen LogP contribution in [-0.4, -0.2) is 23.6 Å². The molecule has 0 radical (unpaired) electrons. The summed E-state index contributed by atoms with van der Waals surface area (Å²) in [7, 11) is -3.06. The van der Waals surface area contributed by atoms with Crippen LogP contribution in [0.5, 0.6) is 11.5 Å². The van der Waals surface area contributed by atoms with Gasteiger partial charge < -0.3 is 4.74 Å². The molecule has 0 N–H and O–H groups in total. The average Bonchev–Trinajstić information content (AvgIpc) is 3.97. The third-order valence-corrected chi connectivity index (χ3v) is 19.4. The smallest absolute Gasteiger partial charge is 0.457 e. The van der Waals surface area contributed by atoms with Gasteiger partial charge in [0.05, 0.1) is 28.7 Å². The van der Waals surface area contributed by atoms with Gasteiger partial charge in [0.1, 0.15) is 17.3 Å². The summed E-state index contributed by atoms with van der Waals surface area (Å²) in [6.07, 6.45) is 1.88. The van der Waals surface area contributed by atoms with E-state index in [0.717, 1.165) is 50.4 Å². The SMILES string of the molecule is CC(C)(C)c1cc([N+]2=C=[N+](c3cccc(Oc4ccc5c6cc(C#N)ccc6n(-c6cc(C(C)(C)C)ccn6)c5c4)c3)c3cccc([Si](c4ccccc4)(c4ccccc4)c4ccccc4)c32)cc(C(C)(C)C)c1. The number of rotatable bonds is 9. The van der Waals surface area contributed by atoms with Crippen LogP contribution in [0.2, 0.25) is 0 Å². The largest absolute Gasteiger partial charge is 0.503 e. The van der Waals surface area contributed by atoms with Gasteiger partial charge in [-0.25, -0.2) is 4.98 Å². The van der Waals surface area contributed by atoms with Crippen LogP contribution in [0.25, 0.3) is 27.6 Å². The number of nitrogens with zero attached hydrogens (tertiary/aromatic N) is 5. The van der Waals surface area contributed by atoms with Crippen molar-refractivity contribution >= 4 is 79.4 Å². The summed E-state index contributed by atoms with van der Waals surface area (Å²) in [4.78, 5) is 4.90. The fraction of sp³-hybridized carbons (Fsp3) is 0.179. The van der Waals surface area contributed by atoms with Gasteiger partial charge in [-0.2, -0.15) is 5.26 Å².